The van der Waals surface area contributed by atoms with E-state index in [2.05, 4.69) is 0 Å². The maximum Gasteiger partial charge on any atom is 0.323 e. The van der Waals surface area contributed by atoms with E-state index in [-0.39, 0.29) is 0 Å². The van der Waals surface area contributed by atoms with Crippen molar-refractivity contribution in [3.8, 4) is 5.75 Å². The highest BCUT2D eigenvalue weighted by molar-refractivity contribution is 5.99. The Morgan fingerprint density at radius 1 is 1.05 bits per heavy atom. The summed E-state index contributed by atoms with van der Waals surface area (Å²) in [6, 6.07) is 13.5. The van der Waals surface area contributed by atoms with E-state index in [9.17, 15) is 9.59 Å². The summed E-state index contributed by atoms with van der Waals surface area (Å²) in [5.74, 6) is 0.0221. The van der Waals surface area contributed by atoms with Crippen LogP contribution in [0.3, 0.4) is 0 Å². The maximum atomic E-state index is 11.8. The zero-order valence-electron chi connectivity index (χ0n) is 11.9. The molecule has 0 aliphatic heterocycles. The molecule has 0 fully saturated rings. The van der Waals surface area contributed by atoms with E-state index in [1.54, 1.807) is 24.3 Å². The number of anilines is 2. The van der Waals surface area contributed by atoms with Gasteiger partial charge in [-0.1, -0.05) is 18.2 Å². The summed E-state index contributed by atoms with van der Waals surface area (Å²) in [7, 11) is 0. The molecular formula is C16H16N2O3. The number of benzene rings is 2. The van der Waals surface area contributed by atoms with Crippen molar-refractivity contribution in [2.75, 3.05) is 4.90 Å². The molecule has 2 aromatic rings. The van der Waals surface area contributed by atoms with Crippen molar-refractivity contribution >= 4 is 23.4 Å². The van der Waals surface area contributed by atoms with Gasteiger partial charge in [-0.15, -0.1) is 0 Å². The summed E-state index contributed by atoms with van der Waals surface area (Å²) in [4.78, 5) is 24.1. The summed E-state index contributed by atoms with van der Waals surface area (Å²) in [5, 5.41) is 0. The van der Waals surface area contributed by atoms with Crippen LogP contribution in [0.5, 0.6) is 5.75 Å². The van der Waals surface area contributed by atoms with Crippen molar-refractivity contribution in [2.24, 2.45) is 5.73 Å². The summed E-state index contributed by atoms with van der Waals surface area (Å²) >= 11 is 0. The first-order chi connectivity index (χ1) is 9.99. The molecule has 0 radical (unpaired) electrons. The van der Waals surface area contributed by atoms with Gasteiger partial charge in [-0.3, -0.25) is 9.69 Å². The number of carbonyl (C=O) groups is 2. The van der Waals surface area contributed by atoms with Crippen molar-refractivity contribution in [1.82, 2.24) is 0 Å². The number of urea groups is 1. The van der Waals surface area contributed by atoms with Gasteiger partial charge in [-0.05, 0) is 42.8 Å². The number of primary amides is 1. The molecule has 0 atom stereocenters. The second-order valence-electron chi connectivity index (χ2n) is 4.55. The van der Waals surface area contributed by atoms with E-state index in [1.807, 2.05) is 31.2 Å². The molecule has 0 saturated heterocycles. The zero-order valence-corrected chi connectivity index (χ0v) is 11.9. The third kappa shape index (κ3) is 3.39. The Balaban J connectivity index is 2.38. The summed E-state index contributed by atoms with van der Waals surface area (Å²) < 4.78 is 4.97. The van der Waals surface area contributed by atoms with Crippen molar-refractivity contribution in [3.05, 3.63) is 54.1 Å². The fourth-order valence-corrected chi connectivity index (χ4v) is 2.03. The molecule has 108 valence electrons. The number of nitrogens with two attached hydrogens (primary N) is 1. The van der Waals surface area contributed by atoms with Gasteiger partial charge in [0.1, 0.15) is 5.75 Å². The van der Waals surface area contributed by atoms with Gasteiger partial charge in [-0.25, -0.2) is 4.79 Å². The normalized spacial score (nSPS) is 10.0. The van der Waals surface area contributed by atoms with Gasteiger partial charge < -0.3 is 10.5 Å². The van der Waals surface area contributed by atoms with E-state index in [4.69, 9.17) is 10.5 Å². The summed E-state index contributed by atoms with van der Waals surface area (Å²) in [6.07, 6.45) is 0. The SMILES string of the molecule is CC(=O)Oc1ccc(N(C(N)=O)c2ccccc2C)cc1. The average Bonchev–Trinajstić information content (AvgIpc) is 2.42. The van der Waals surface area contributed by atoms with E-state index in [1.165, 1.54) is 11.8 Å². The topological polar surface area (TPSA) is 72.6 Å². The van der Waals surface area contributed by atoms with Crippen molar-refractivity contribution in [2.45, 2.75) is 13.8 Å². The monoisotopic (exact) mass is 284 g/mol. The summed E-state index contributed by atoms with van der Waals surface area (Å²) in [5.41, 5.74) is 7.74. The minimum atomic E-state index is -0.579. The van der Waals surface area contributed by atoms with Crippen LogP contribution in [0.15, 0.2) is 48.5 Å². The Bertz CT molecular complexity index is 665. The molecule has 0 aromatic heterocycles. The number of para-hydroxylation sites is 1. The summed E-state index contributed by atoms with van der Waals surface area (Å²) in [6.45, 7) is 3.23. The molecule has 2 rings (SSSR count). The molecule has 5 heteroatoms. The number of rotatable bonds is 3. The first kappa shape index (κ1) is 14.6. The number of esters is 1. The molecule has 21 heavy (non-hydrogen) atoms. The molecule has 2 aromatic carbocycles. The maximum absolute atomic E-state index is 11.8. The molecule has 2 N–H and O–H groups in total. The molecular weight excluding hydrogens is 268 g/mol. The molecule has 0 spiro atoms. The molecule has 0 unspecified atom stereocenters. The fraction of sp³-hybridized carbons (Fsp3) is 0.125. The van der Waals surface area contributed by atoms with Gasteiger partial charge in [0, 0.05) is 6.92 Å². The van der Waals surface area contributed by atoms with E-state index >= 15 is 0 Å². The van der Waals surface area contributed by atoms with Crippen LogP contribution in [0.25, 0.3) is 0 Å². The Morgan fingerprint density at radius 3 is 2.19 bits per heavy atom. The van der Waals surface area contributed by atoms with Gasteiger partial charge in [0.2, 0.25) is 0 Å². The Labute approximate surface area is 122 Å². The van der Waals surface area contributed by atoms with E-state index in [0.29, 0.717) is 17.1 Å². The fourth-order valence-electron chi connectivity index (χ4n) is 2.03. The number of ether oxygens (including phenoxy) is 1. The average molecular weight is 284 g/mol. The zero-order chi connectivity index (χ0) is 15.4. The lowest BCUT2D eigenvalue weighted by Gasteiger charge is -2.22. The van der Waals surface area contributed by atoms with Crippen LogP contribution in [0.1, 0.15) is 12.5 Å². The van der Waals surface area contributed by atoms with Crippen molar-refractivity contribution < 1.29 is 14.3 Å². The largest absolute Gasteiger partial charge is 0.427 e. The molecule has 2 amide bonds. The standard InChI is InChI=1S/C16H16N2O3/c1-11-5-3-4-6-15(11)18(16(17)20)13-7-9-14(10-8-13)21-12(2)19/h3-10H,1-2H3,(H2,17,20). The van der Waals surface area contributed by atoms with Crippen LogP contribution < -0.4 is 15.4 Å². The minimum absolute atomic E-state index is 0.395. The highest BCUT2D eigenvalue weighted by Crippen LogP contribution is 2.29. The highest BCUT2D eigenvalue weighted by Gasteiger charge is 2.16. The first-order valence-corrected chi connectivity index (χ1v) is 6.42. The van der Waals surface area contributed by atoms with Gasteiger partial charge in [0.15, 0.2) is 0 Å². The smallest absolute Gasteiger partial charge is 0.323 e. The van der Waals surface area contributed by atoms with E-state index in [0.717, 1.165) is 5.56 Å². The van der Waals surface area contributed by atoms with Gasteiger partial charge >= 0.3 is 12.0 Å². The molecule has 0 aliphatic rings. The highest BCUT2D eigenvalue weighted by atomic mass is 16.5. The second kappa shape index (κ2) is 6.09. The number of carbonyl (C=O) groups excluding carboxylic acids is 2. The Kier molecular flexibility index (Phi) is 4.23. The Hall–Kier alpha value is -2.82. The number of nitrogens with zero attached hydrogens (tertiary/aromatic N) is 1. The van der Waals surface area contributed by atoms with Crippen LogP contribution in [-0.4, -0.2) is 12.0 Å². The lowest BCUT2D eigenvalue weighted by molar-refractivity contribution is -0.131. The lowest BCUT2D eigenvalue weighted by atomic mass is 10.1. The molecule has 0 aliphatic carbocycles. The van der Waals surface area contributed by atoms with Crippen molar-refractivity contribution in [3.63, 3.8) is 0 Å². The van der Waals surface area contributed by atoms with Gasteiger partial charge in [0.25, 0.3) is 0 Å². The first-order valence-electron chi connectivity index (χ1n) is 6.42. The third-order valence-electron chi connectivity index (χ3n) is 2.93. The molecule has 5 nitrogen and oxygen atoms in total. The van der Waals surface area contributed by atoms with Crippen LogP contribution in [0.2, 0.25) is 0 Å². The molecule has 0 saturated carbocycles. The number of aryl methyl sites for hydroxylation is 1. The van der Waals surface area contributed by atoms with Crippen LogP contribution in [0, 0.1) is 6.92 Å². The number of amides is 2. The van der Waals surface area contributed by atoms with Crippen LogP contribution in [-0.2, 0) is 4.79 Å². The van der Waals surface area contributed by atoms with Crippen LogP contribution >= 0.6 is 0 Å². The molecule has 0 bridgehead atoms. The number of hydrogen-bond acceptors (Lipinski definition) is 3. The molecule has 0 heterocycles. The second-order valence-corrected chi connectivity index (χ2v) is 4.55. The predicted molar refractivity (Wildman–Crippen MR) is 80.7 cm³/mol. The van der Waals surface area contributed by atoms with Crippen LogP contribution in [0.4, 0.5) is 16.2 Å². The minimum Gasteiger partial charge on any atom is -0.427 e. The van der Waals surface area contributed by atoms with E-state index < -0.39 is 12.0 Å². The van der Waals surface area contributed by atoms with Gasteiger partial charge in [-0.2, -0.15) is 0 Å². The third-order valence-corrected chi connectivity index (χ3v) is 2.93. The van der Waals surface area contributed by atoms with Crippen molar-refractivity contribution in [1.29, 1.82) is 0 Å². The predicted octanol–water partition coefficient (Wildman–Crippen LogP) is 3.14. The Morgan fingerprint density at radius 2 is 1.67 bits per heavy atom. The van der Waals surface area contributed by atoms with Gasteiger partial charge in [0.05, 0.1) is 11.4 Å². The quantitative estimate of drug-likeness (QED) is 0.695. The number of hydrogen-bond donors (Lipinski definition) is 1. The lowest BCUT2D eigenvalue weighted by Crippen LogP contribution is -2.31.